The molecule has 1 spiro atoms. The fourth-order valence-electron chi connectivity index (χ4n) is 3.73. The van der Waals surface area contributed by atoms with Crippen molar-refractivity contribution in [2.75, 3.05) is 6.61 Å². The normalized spacial score (nSPS) is 26.0. The molecule has 112 valence electrons. The number of hydrogen-bond acceptors (Lipinski definition) is 3. The first-order valence-corrected chi connectivity index (χ1v) is 8.92. The summed E-state index contributed by atoms with van der Waals surface area (Å²) in [6, 6.07) is 2.98. The van der Waals surface area contributed by atoms with Crippen LogP contribution in [-0.4, -0.2) is 18.2 Å². The van der Waals surface area contributed by atoms with Crippen molar-refractivity contribution in [2.24, 2.45) is 0 Å². The van der Waals surface area contributed by atoms with E-state index in [4.69, 9.17) is 4.74 Å². The summed E-state index contributed by atoms with van der Waals surface area (Å²) < 4.78 is 6.17. The quantitative estimate of drug-likeness (QED) is 0.895. The molecule has 2 heterocycles. The lowest BCUT2D eigenvalue weighted by atomic mass is 9.78. The van der Waals surface area contributed by atoms with E-state index in [0.717, 1.165) is 13.2 Å². The topological polar surface area (TPSA) is 21.3 Å². The maximum absolute atomic E-state index is 6.17. The van der Waals surface area contributed by atoms with Crippen molar-refractivity contribution in [1.29, 1.82) is 0 Å². The van der Waals surface area contributed by atoms with Crippen molar-refractivity contribution < 1.29 is 4.74 Å². The Hall–Kier alpha value is -0.380. The molecule has 1 atom stereocenters. The van der Waals surface area contributed by atoms with Crippen molar-refractivity contribution in [2.45, 2.75) is 77.0 Å². The van der Waals surface area contributed by atoms with E-state index in [0.29, 0.717) is 6.04 Å². The average Bonchev–Trinajstić information content (AvgIpc) is 2.77. The molecule has 1 aliphatic heterocycles. The Labute approximate surface area is 126 Å². The van der Waals surface area contributed by atoms with Gasteiger partial charge < -0.3 is 10.1 Å². The molecule has 0 radical (unpaired) electrons. The second kappa shape index (κ2) is 6.17. The van der Waals surface area contributed by atoms with Crippen LogP contribution in [0.3, 0.4) is 0 Å². The van der Waals surface area contributed by atoms with Gasteiger partial charge >= 0.3 is 0 Å². The van der Waals surface area contributed by atoms with Crippen LogP contribution in [0.1, 0.15) is 60.3 Å². The molecule has 0 amide bonds. The van der Waals surface area contributed by atoms with E-state index in [1.165, 1.54) is 60.3 Å². The van der Waals surface area contributed by atoms with Crippen molar-refractivity contribution in [1.82, 2.24) is 5.32 Å². The van der Waals surface area contributed by atoms with Crippen molar-refractivity contribution >= 4 is 11.3 Å². The molecule has 1 N–H and O–H groups in total. The van der Waals surface area contributed by atoms with E-state index in [-0.39, 0.29) is 5.60 Å². The zero-order valence-electron chi connectivity index (χ0n) is 12.8. The third-order valence-corrected chi connectivity index (χ3v) is 6.19. The van der Waals surface area contributed by atoms with Crippen LogP contribution in [0.15, 0.2) is 6.07 Å². The minimum atomic E-state index is 0.218. The van der Waals surface area contributed by atoms with Gasteiger partial charge in [0.05, 0.1) is 5.60 Å². The summed E-state index contributed by atoms with van der Waals surface area (Å²) in [6.07, 6.45) is 9.06. The van der Waals surface area contributed by atoms with Gasteiger partial charge in [-0.05, 0) is 51.2 Å². The van der Waals surface area contributed by atoms with Crippen molar-refractivity contribution in [3.8, 4) is 0 Å². The molecule has 1 saturated carbocycles. The third kappa shape index (κ3) is 3.26. The minimum absolute atomic E-state index is 0.218. The van der Waals surface area contributed by atoms with Crippen LogP contribution in [-0.2, 0) is 11.3 Å². The molecule has 2 nitrogen and oxygen atoms in total. The lowest BCUT2D eigenvalue weighted by Gasteiger charge is -2.43. The Morgan fingerprint density at radius 2 is 2.10 bits per heavy atom. The maximum atomic E-state index is 6.17. The monoisotopic (exact) mass is 293 g/mol. The number of thiophene rings is 1. The standard InChI is InChI=1S/C17H27NOS/c1-13-10-16(20-14(13)2)12-18-15-6-9-19-17(11-15)7-4-3-5-8-17/h10,15,18H,3-9,11-12H2,1-2H3. The second-order valence-corrected chi connectivity index (χ2v) is 7.96. The number of rotatable bonds is 3. The Kier molecular flexibility index (Phi) is 4.49. The van der Waals surface area contributed by atoms with Crippen LogP contribution < -0.4 is 5.32 Å². The van der Waals surface area contributed by atoms with E-state index in [9.17, 15) is 0 Å². The lowest BCUT2D eigenvalue weighted by molar-refractivity contribution is -0.109. The molecule has 1 aliphatic carbocycles. The van der Waals surface area contributed by atoms with Gasteiger partial charge in [0.1, 0.15) is 0 Å². The number of hydrogen-bond donors (Lipinski definition) is 1. The highest BCUT2D eigenvalue weighted by Gasteiger charge is 2.38. The Balaban J connectivity index is 1.54. The van der Waals surface area contributed by atoms with Crippen LogP contribution >= 0.6 is 11.3 Å². The van der Waals surface area contributed by atoms with Crippen molar-refractivity contribution in [3.63, 3.8) is 0 Å². The zero-order valence-corrected chi connectivity index (χ0v) is 13.7. The molecular weight excluding hydrogens is 266 g/mol. The van der Waals surface area contributed by atoms with Crippen LogP contribution in [0.25, 0.3) is 0 Å². The summed E-state index contributed by atoms with van der Waals surface area (Å²) in [7, 11) is 0. The van der Waals surface area contributed by atoms with Crippen LogP contribution in [0.4, 0.5) is 0 Å². The van der Waals surface area contributed by atoms with Gasteiger partial charge in [-0.3, -0.25) is 0 Å². The van der Waals surface area contributed by atoms with Gasteiger partial charge in [-0.2, -0.15) is 0 Å². The molecule has 3 rings (SSSR count). The average molecular weight is 293 g/mol. The maximum Gasteiger partial charge on any atom is 0.0697 e. The van der Waals surface area contributed by atoms with Gasteiger partial charge in [0.25, 0.3) is 0 Å². The SMILES string of the molecule is Cc1cc(CNC2CCOC3(CCCCC3)C2)sc1C. The second-order valence-electron chi connectivity index (χ2n) is 6.61. The van der Waals surface area contributed by atoms with Gasteiger partial charge in [0, 0.05) is 28.9 Å². The van der Waals surface area contributed by atoms with E-state index in [1.807, 2.05) is 11.3 Å². The van der Waals surface area contributed by atoms with Gasteiger partial charge in [0.2, 0.25) is 0 Å². The van der Waals surface area contributed by atoms with E-state index >= 15 is 0 Å². The molecule has 1 aromatic rings. The summed E-state index contributed by atoms with van der Waals surface area (Å²) in [6.45, 7) is 6.40. The highest BCUT2D eigenvalue weighted by Crippen LogP contribution is 2.38. The molecule has 0 aromatic carbocycles. The lowest BCUT2D eigenvalue weighted by Crippen LogP contribution is -2.47. The first-order valence-electron chi connectivity index (χ1n) is 8.10. The van der Waals surface area contributed by atoms with E-state index < -0.39 is 0 Å². The van der Waals surface area contributed by atoms with Gasteiger partial charge in [-0.1, -0.05) is 19.3 Å². The summed E-state index contributed by atoms with van der Waals surface area (Å²) >= 11 is 1.94. The zero-order chi connectivity index (χ0) is 14.0. The first-order chi connectivity index (χ1) is 9.67. The molecule has 2 aliphatic rings. The molecule has 2 fully saturated rings. The van der Waals surface area contributed by atoms with Crippen LogP contribution in [0.5, 0.6) is 0 Å². The number of nitrogens with one attached hydrogen (secondary N) is 1. The van der Waals surface area contributed by atoms with E-state index in [1.54, 1.807) is 0 Å². The minimum Gasteiger partial charge on any atom is -0.375 e. The van der Waals surface area contributed by atoms with Crippen molar-refractivity contribution in [3.05, 3.63) is 21.4 Å². The fourth-order valence-corrected chi connectivity index (χ4v) is 4.73. The molecule has 1 unspecified atom stereocenters. The summed E-state index contributed by atoms with van der Waals surface area (Å²) in [4.78, 5) is 2.93. The van der Waals surface area contributed by atoms with Gasteiger partial charge in [0.15, 0.2) is 0 Å². The molecule has 3 heteroatoms. The largest absolute Gasteiger partial charge is 0.375 e. The van der Waals surface area contributed by atoms with Crippen LogP contribution in [0.2, 0.25) is 0 Å². The van der Waals surface area contributed by atoms with Gasteiger partial charge in [-0.15, -0.1) is 11.3 Å². The third-order valence-electron chi connectivity index (χ3n) is 5.04. The highest BCUT2D eigenvalue weighted by molar-refractivity contribution is 7.12. The summed E-state index contributed by atoms with van der Waals surface area (Å²) in [5.74, 6) is 0. The number of ether oxygens (including phenoxy) is 1. The smallest absolute Gasteiger partial charge is 0.0697 e. The number of aryl methyl sites for hydroxylation is 2. The van der Waals surface area contributed by atoms with E-state index in [2.05, 4.69) is 25.2 Å². The van der Waals surface area contributed by atoms with Crippen LogP contribution in [0, 0.1) is 13.8 Å². The first kappa shape index (κ1) is 14.6. The highest BCUT2D eigenvalue weighted by atomic mass is 32.1. The predicted octanol–water partition coefficient (Wildman–Crippen LogP) is 4.34. The molecule has 1 saturated heterocycles. The molecule has 20 heavy (non-hydrogen) atoms. The van der Waals surface area contributed by atoms with Gasteiger partial charge in [-0.25, -0.2) is 0 Å². The Bertz CT molecular complexity index is 423. The summed E-state index contributed by atoms with van der Waals surface area (Å²) in [5.41, 5.74) is 1.65. The Morgan fingerprint density at radius 3 is 2.80 bits per heavy atom. The Morgan fingerprint density at radius 1 is 1.30 bits per heavy atom. The summed E-state index contributed by atoms with van der Waals surface area (Å²) in [5, 5.41) is 3.78. The molecule has 0 bridgehead atoms. The molecule has 1 aromatic heterocycles. The predicted molar refractivity (Wildman–Crippen MR) is 85.4 cm³/mol. The fraction of sp³-hybridized carbons (Fsp3) is 0.765. The molecular formula is C17H27NOS.